The molecule has 0 saturated carbocycles. The molecule has 3 heterocycles. The van der Waals surface area contributed by atoms with Crippen molar-refractivity contribution in [2.24, 2.45) is 0 Å². The van der Waals surface area contributed by atoms with E-state index in [-0.39, 0.29) is 5.91 Å². The van der Waals surface area contributed by atoms with Crippen LogP contribution in [0.25, 0.3) is 22.7 Å². The maximum absolute atomic E-state index is 12.1. The summed E-state index contributed by atoms with van der Waals surface area (Å²) < 4.78 is 0. The van der Waals surface area contributed by atoms with Crippen molar-refractivity contribution in [1.82, 2.24) is 19.9 Å². The molecule has 4 rings (SSSR count). The van der Waals surface area contributed by atoms with Crippen molar-refractivity contribution < 1.29 is 4.79 Å². The molecule has 0 atom stereocenters. The molecule has 0 spiro atoms. The lowest BCUT2D eigenvalue weighted by Gasteiger charge is -2.02. The first-order chi connectivity index (χ1) is 9.83. The van der Waals surface area contributed by atoms with Gasteiger partial charge in [-0.25, -0.2) is 4.98 Å². The van der Waals surface area contributed by atoms with Gasteiger partial charge in [0.15, 0.2) is 0 Å². The summed E-state index contributed by atoms with van der Waals surface area (Å²) in [6, 6.07) is 3.69. The van der Waals surface area contributed by atoms with Crippen molar-refractivity contribution in [1.29, 1.82) is 0 Å². The minimum atomic E-state index is -0.146. The van der Waals surface area contributed by atoms with Crippen molar-refractivity contribution in [3.63, 3.8) is 0 Å². The standard InChI is InChI=1S/C14H9N5O/c20-14-9(5-8-6-15-7-18-8)12-10(19-14)1-2-11-13(12)17-4-3-16-11/h1-7H,(H,15,18)(H,19,20)/b9-5-. The summed E-state index contributed by atoms with van der Waals surface area (Å²) >= 11 is 0. The van der Waals surface area contributed by atoms with Gasteiger partial charge in [0.05, 0.1) is 40.5 Å². The molecule has 1 aromatic carbocycles. The van der Waals surface area contributed by atoms with Crippen LogP contribution in [0.1, 0.15) is 11.3 Å². The first kappa shape index (κ1) is 10.9. The zero-order valence-electron chi connectivity index (χ0n) is 10.3. The van der Waals surface area contributed by atoms with Crippen LogP contribution in [0.2, 0.25) is 0 Å². The number of carbonyl (C=O) groups excluding carboxylic acids is 1. The number of benzene rings is 1. The highest BCUT2D eigenvalue weighted by molar-refractivity contribution is 6.37. The van der Waals surface area contributed by atoms with Crippen LogP contribution in [0.3, 0.4) is 0 Å². The van der Waals surface area contributed by atoms with Gasteiger partial charge < -0.3 is 10.3 Å². The largest absolute Gasteiger partial charge is 0.345 e. The molecular formula is C14H9N5O. The first-order valence-corrected chi connectivity index (χ1v) is 6.08. The molecule has 0 saturated heterocycles. The number of hydrogen-bond acceptors (Lipinski definition) is 4. The topological polar surface area (TPSA) is 83.6 Å². The monoisotopic (exact) mass is 263 g/mol. The molecule has 1 amide bonds. The fraction of sp³-hybridized carbons (Fsp3) is 0. The second-order valence-electron chi connectivity index (χ2n) is 4.43. The lowest BCUT2D eigenvalue weighted by Crippen LogP contribution is -2.03. The average Bonchev–Trinajstić information content (AvgIpc) is 3.08. The number of carbonyl (C=O) groups is 1. The Morgan fingerprint density at radius 1 is 1.15 bits per heavy atom. The summed E-state index contributed by atoms with van der Waals surface area (Å²) in [5.74, 6) is -0.146. The number of aromatic amines is 1. The number of hydrogen-bond donors (Lipinski definition) is 2. The van der Waals surface area contributed by atoms with Crippen LogP contribution in [0, 0.1) is 0 Å². The van der Waals surface area contributed by atoms with Gasteiger partial charge in [0.25, 0.3) is 5.91 Å². The second-order valence-corrected chi connectivity index (χ2v) is 4.43. The van der Waals surface area contributed by atoms with Crippen molar-refractivity contribution in [3.05, 3.63) is 48.3 Å². The minimum absolute atomic E-state index is 0.146. The summed E-state index contributed by atoms with van der Waals surface area (Å²) in [5.41, 5.74) is 4.36. The number of anilines is 1. The van der Waals surface area contributed by atoms with Gasteiger partial charge in [0.1, 0.15) is 0 Å². The lowest BCUT2D eigenvalue weighted by molar-refractivity contribution is -0.110. The van der Waals surface area contributed by atoms with Crippen LogP contribution in [0.15, 0.2) is 37.1 Å². The van der Waals surface area contributed by atoms with E-state index in [1.807, 2.05) is 12.1 Å². The fourth-order valence-electron chi connectivity index (χ4n) is 2.36. The predicted molar refractivity (Wildman–Crippen MR) is 74.6 cm³/mol. The van der Waals surface area contributed by atoms with Crippen LogP contribution in [0.5, 0.6) is 0 Å². The maximum atomic E-state index is 12.1. The normalized spacial score (nSPS) is 15.6. The van der Waals surface area contributed by atoms with E-state index in [1.54, 1.807) is 31.0 Å². The molecule has 6 heteroatoms. The highest BCUT2D eigenvalue weighted by atomic mass is 16.2. The Labute approximate surface area is 113 Å². The van der Waals surface area contributed by atoms with E-state index in [9.17, 15) is 4.79 Å². The van der Waals surface area contributed by atoms with E-state index in [0.29, 0.717) is 11.1 Å². The Hall–Kier alpha value is -3.02. The molecule has 1 aliphatic rings. The lowest BCUT2D eigenvalue weighted by atomic mass is 10.0. The maximum Gasteiger partial charge on any atom is 0.256 e. The number of fused-ring (bicyclic) bond motifs is 3. The van der Waals surface area contributed by atoms with Gasteiger partial charge in [-0.1, -0.05) is 0 Å². The molecule has 0 fully saturated rings. The van der Waals surface area contributed by atoms with Crippen LogP contribution >= 0.6 is 0 Å². The summed E-state index contributed by atoms with van der Waals surface area (Å²) in [6.07, 6.45) is 8.26. The number of amides is 1. The number of nitrogens with one attached hydrogen (secondary N) is 2. The first-order valence-electron chi connectivity index (χ1n) is 6.08. The molecule has 2 aromatic heterocycles. The Morgan fingerprint density at radius 2 is 2.05 bits per heavy atom. The minimum Gasteiger partial charge on any atom is -0.345 e. The van der Waals surface area contributed by atoms with E-state index >= 15 is 0 Å². The average molecular weight is 263 g/mol. The van der Waals surface area contributed by atoms with Gasteiger partial charge >= 0.3 is 0 Å². The molecular weight excluding hydrogens is 254 g/mol. The second kappa shape index (κ2) is 3.99. The Kier molecular flexibility index (Phi) is 2.17. The van der Waals surface area contributed by atoms with Crippen molar-refractivity contribution >= 4 is 34.3 Å². The highest BCUT2D eigenvalue weighted by Gasteiger charge is 2.27. The van der Waals surface area contributed by atoms with Gasteiger partial charge in [0, 0.05) is 18.0 Å². The van der Waals surface area contributed by atoms with Gasteiger partial charge in [-0.05, 0) is 18.2 Å². The van der Waals surface area contributed by atoms with E-state index < -0.39 is 0 Å². The van der Waals surface area contributed by atoms with Crippen molar-refractivity contribution in [3.8, 4) is 0 Å². The molecule has 1 aliphatic heterocycles. The van der Waals surface area contributed by atoms with E-state index in [0.717, 1.165) is 22.5 Å². The van der Waals surface area contributed by atoms with Crippen molar-refractivity contribution in [2.45, 2.75) is 0 Å². The Balaban J connectivity index is 2.01. The third kappa shape index (κ3) is 1.51. The molecule has 2 N–H and O–H groups in total. The Bertz CT molecular complexity index is 851. The van der Waals surface area contributed by atoms with Crippen LogP contribution in [-0.4, -0.2) is 25.8 Å². The molecule has 0 radical (unpaired) electrons. The Morgan fingerprint density at radius 3 is 2.90 bits per heavy atom. The number of nitrogens with zero attached hydrogens (tertiary/aromatic N) is 3. The number of H-pyrrole nitrogens is 1. The molecule has 6 nitrogen and oxygen atoms in total. The molecule has 0 aliphatic carbocycles. The summed E-state index contributed by atoms with van der Waals surface area (Å²) in [4.78, 5) is 27.7. The fourth-order valence-corrected chi connectivity index (χ4v) is 2.36. The van der Waals surface area contributed by atoms with Crippen LogP contribution in [0.4, 0.5) is 5.69 Å². The van der Waals surface area contributed by atoms with E-state index in [4.69, 9.17) is 0 Å². The third-order valence-corrected chi connectivity index (χ3v) is 3.22. The zero-order valence-corrected chi connectivity index (χ0v) is 10.3. The number of imidazole rings is 1. The van der Waals surface area contributed by atoms with Crippen molar-refractivity contribution in [2.75, 3.05) is 5.32 Å². The number of aromatic nitrogens is 4. The third-order valence-electron chi connectivity index (χ3n) is 3.22. The smallest absolute Gasteiger partial charge is 0.256 e. The van der Waals surface area contributed by atoms with Gasteiger partial charge in [-0.2, -0.15) is 0 Å². The SMILES string of the molecule is O=C1Nc2ccc3nccnc3c2/C1=C/c1cnc[nH]1. The summed E-state index contributed by atoms with van der Waals surface area (Å²) in [7, 11) is 0. The van der Waals surface area contributed by atoms with Crippen LogP contribution in [-0.2, 0) is 4.79 Å². The zero-order chi connectivity index (χ0) is 13.5. The molecule has 3 aromatic rings. The molecule has 96 valence electrons. The van der Waals surface area contributed by atoms with Crippen LogP contribution < -0.4 is 5.32 Å². The molecule has 0 bridgehead atoms. The summed E-state index contributed by atoms with van der Waals surface area (Å²) in [5, 5.41) is 2.84. The van der Waals surface area contributed by atoms with E-state index in [2.05, 4.69) is 25.3 Å². The van der Waals surface area contributed by atoms with Gasteiger partial charge in [-0.15, -0.1) is 0 Å². The van der Waals surface area contributed by atoms with Gasteiger partial charge in [-0.3, -0.25) is 14.8 Å². The van der Waals surface area contributed by atoms with E-state index in [1.165, 1.54) is 0 Å². The molecule has 0 unspecified atom stereocenters. The molecule has 20 heavy (non-hydrogen) atoms. The number of rotatable bonds is 1. The van der Waals surface area contributed by atoms with Gasteiger partial charge in [0.2, 0.25) is 0 Å². The summed E-state index contributed by atoms with van der Waals surface area (Å²) in [6.45, 7) is 0. The highest BCUT2D eigenvalue weighted by Crippen LogP contribution is 2.36. The quantitative estimate of drug-likeness (QED) is 0.656. The predicted octanol–water partition coefficient (Wildman–Crippen LogP) is 1.85.